The van der Waals surface area contributed by atoms with Crippen LogP contribution in [-0.4, -0.2) is 52.2 Å². The largest absolute Gasteiger partial charge is 0.390 e. The van der Waals surface area contributed by atoms with Gasteiger partial charge in [-0.3, -0.25) is 9.59 Å². The van der Waals surface area contributed by atoms with E-state index < -0.39 is 12.2 Å². The number of aliphatic hydroxyl groups is 2. The summed E-state index contributed by atoms with van der Waals surface area (Å²) in [6.07, 6.45) is 8.03. The minimum atomic E-state index is -0.841. The van der Waals surface area contributed by atoms with E-state index in [1.165, 1.54) is 5.56 Å². The first-order chi connectivity index (χ1) is 19.4. The number of aliphatic hydroxyl groups excluding tert-OH is 2. The van der Waals surface area contributed by atoms with Gasteiger partial charge in [0.1, 0.15) is 0 Å². The molecule has 40 heavy (non-hydrogen) atoms. The first-order valence-electron chi connectivity index (χ1n) is 14.4. The highest BCUT2D eigenvalue weighted by molar-refractivity contribution is 5.98. The third-order valence-electron chi connectivity index (χ3n) is 8.70. The number of rotatable bonds is 6. The van der Waals surface area contributed by atoms with Crippen molar-refractivity contribution >= 4 is 17.5 Å². The number of hydrogen-bond donors (Lipinski definition) is 4. The van der Waals surface area contributed by atoms with E-state index in [-0.39, 0.29) is 29.6 Å². The number of amides is 2. The Labute approximate surface area is 237 Å². The molecule has 6 rings (SSSR count). The Morgan fingerprint density at radius 3 is 2.45 bits per heavy atom. The van der Waals surface area contributed by atoms with Crippen molar-refractivity contribution in [3.05, 3.63) is 90.0 Å². The van der Waals surface area contributed by atoms with Crippen molar-refractivity contribution in [1.29, 1.82) is 0 Å². The molecule has 2 amide bonds. The number of likely N-dealkylation sites (tertiary alicyclic amines) is 1. The zero-order valence-electron chi connectivity index (χ0n) is 23.4. The van der Waals surface area contributed by atoms with E-state index in [0.29, 0.717) is 43.2 Å². The molecule has 3 aliphatic carbocycles. The molecule has 1 aliphatic heterocycles. The van der Waals surface area contributed by atoms with Gasteiger partial charge in [-0.15, -0.1) is 0 Å². The summed E-state index contributed by atoms with van der Waals surface area (Å²) in [5.41, 5.74) is 9.36. The Hall–Kier alpha value is -3.26. The van der Waals surface area contributed by atoms with Crippen LogP contribution in [0.15, 0.2) is 73.3 Å². The summed E-state index contributed by atoms with van der Waals surface area (Å²) in [5, 5.41) is 23.5. The average Bonchev–Trinajstić information content (AvgIpc) is 3.00. The molecule has 2 bridgehead atoms. The van der Waals surface area contributed by atoms with Crippen molar-refractivity contribution in [3.8, 4) is 0 Å². The fourth-order valence-electron chi connectivity index (χ4n) is 6.45. The predicted octanol–water partition coefficient (Wildman–Crippen LogP) is 4.62. The van der Waals surface area contributed by atoms with E-state index in [1.54, 1.807) is 30.3 Å². The second-order valence-electron chi connectivity index (χ2n) is 11.2. The van der Waals surface area contributed by atoms with Crippen molar-refractivity contribution in [2.75, 3.05) is 18.4 Å². The summed E-state index contributed by atoms with van der Waals surface area (Å²) in [7, 11) is 0. The fraction of sp³-hybridized carbons (Fsp3) is 0.455. The van der Waals surface area contributed by atoms with Gasteiger partial charge in [0.25, 0.3) is 5.91 Å². The third-order valence-corrected chi connectivity index (χ3v) is 8.70. The zero-order valence-corrected chi connectivity index (χ0v) is 23.4. The van der Waals surface area contributed by atoms with Gasteiger partial charge in [0.15, 0.2) is 0 Å². The standard InChI is InChI=1S/C28H35N3O4.C5H8/c29-16-17-3-1-4-19(13-17)18-9-11-31(12-10-18)28(35)21-5-2-6-22(14-21)30-27(34)24-15-20-7-8-23(24)26(33)25(20)32;1-3-5-4-2/h1-6,13-14,18,20,23-26,32-33H,7-12,15-16,29H2,(H,30,34);3-5H,1H2,2H3/b;5-4-. The number of hydrogen-bond acceptors (Lipinski definition) is 5. The smallest absolute Gasteiger partial charge is 0.253 e. The lowest BCUT2D eigenvalue weighted by Crippen LogP contribution is -2.54. The first-order valence-corrected chi connectivity index (χ1v) is 14.4. The van der Waals surface area contributed by atoms with E-state index in [1.807, 2.05) is 30.0 Å². The molecular formula is C33H43N3O4. The Kier molecular flexibility index (Phi) is 10.3. The number of carbonyl (C=O) groups excluding carboxylic acids is 2. The lowest BCUT2D eigenvalue weighted by Gasteiger charge is -2.47. The van der Waals surface area contributed by atoms with E-state index in [4.69, 9.17) is 5.73 Å². The molecular weight excluding hydrogens is 502 g/mol. The van der Waals surface area contributed by atoms with Crippen LogP contribution in [0.1, 0.15) is 66.4 Å². The molecule has 5 N–H and O–H groups in total. The maximum atomic E-state index is 13.2. The topological polar surface area (TPSA) is 116 Å². The molecule has 3 saturated carbocycles. The predicted molar refractivity (Wildman–Crippen MR) is 159 cm³/mol. The van der Waals surface area contributed by atoms with E-state index in [9.17, 15) is 19.8 Å². The van der Waals surface area contributed by atoms with Crippen LogP contribution in [0.2, 0.25) is 0 Å². The van der Waals surface area contributed by atoms with E-state index >= 15 is 0 Å². The number of piperidine rings is 1. The van der Waals surface area contributed by atoms with E-state index in [0.717, 1.165) is 31.2 Å². The Balaban J connectivity index is 0.000000681. The number of nitrogens with two attached hydrogens (primary N) is 1. The van der Waals surface area contributed by atoms with Crippen LogP contribution in [0.3, 0.4) is 0 Å². The summed E-state index contributed by atoms with van der Waals surface area (Å²) in [5.74, 6) is -0.300. The third kappa shape index (κ3) is 6.89. The second kappa shape index (κ2) is 13.9. The van der Waals surface area contributed by atoms with Gasteiger partial charge in [-0.2, -0.15) is 0 Å². The lowest BCUT2D eigenvalue weighted by atomic mass is 9.61. The van der Waals surface area contributed by atoms with Gasteiger partial charge in [-0.25, -0.2) is 0 Å². The minimum Gasteiger partial charge on any atom is -0.390 e. The molecule has 0 aromatic heterocycles. The number of fused-ring (bicyclic) bond motifs is 3. The van der Waals surface area contributed by atoms with Gasteiger partial charge < -0.3 is 26.2 Å². The average molecular weight is 546 g/mol. The molecule has 7 heteroatoms. The normalized spacial score (nSPS) is 26.2. The maximum absolute atomic E-state index is 13.2. The molecule has 4 fully saturated rings. The maximum Gasteiger partial charge on any atom is 0.253 e. The Morgan fingerprint density at radius 1 is 1.05 bits per heavy atom. The summed E-state index contributed by atoms with van der Waals surface area (Å²) in [6, 6.07) is 15.5. The Bertz CT molecular complexity index is 1200. The van der Waals surface area contributed by atoms with Crippen molar-refractivity contribution in [2.45, 2.75) is 63.7 Å². The molecule has 5 atom stereocenters. The van der Waals surface area contributed by atoms with Crippen molar-refractivity contribution < 1.29 is 19.8 Å². The van der Waals surface area contributed by atoms with Crippen molar-refractivity contribution in [2.24, 2.45) is 23.5 Å². The molecule has 5 unspecified atom stereocenters. The number of anilines is 1. The van der Waals surface area contributed by atoms with Crippen molar-refractivity contribution in [1.82, 2.24) is 4.90 Å². The highest BCUT2D eigenvalue weighted by Gasteiger charge is 2.49. The van der Waals surface area contributed by atoms with Gasteiger partial charge >= 0.3 is 0 Å². The van der Waals surface area contributed by atoms with Crippen LogP contribution in [0.4, 0.5) is 5.69 Å². The molecule has 0 spiro atoms. The SMILES string of the molecule is C=C/C=C\C.NCc1cccc(C2CCN(C(=O)c3cccc(NC(=O)C4CC5CCC4C(O)C5O)c3)CC2)c1. The van der Waals surface area contributed by atoms with Crippen LogP contribution < -0.4 is 11.1 Å². The highest BCUT2D eigenvalue weighted by atomic mass is 16.3. The van der Waals surface area contributed by atoms with Gasteiger partial charge in [0.2, 0.25) is 5.91 Å². The molecule has 1 saturated heterocycles. The summed E-state index contributed by atoms with van der Waals surface area (Å²) in [6.45, 7) is 7.34. The number of benzene rings is 2. The zero-order chi connectivity index (χ0) is 28.6. The van der Waals surface area contributed by atoms with Gasteiger partial charge in [-0.05, 0) is 86.1 Å². The molecule has 2 aromatic rings. The first kappa shape index (κ1) is 29.7. The van der Waals surface area contributed by atoms with Crippen LogP contribution in [0.5, 0.6) is 0 Å². The number of nitrogens with zero attached hydrogens (tertiary/aromatic N) is 1. The van der Waals surface area contributed by atoms with Crippen LogP contribution in [0.25, 0.3) is 0 Å². The van der Waals surface area contributed by atoms with Gasteiger partial charge in [0, 0.05) is 36.8 Å². The van der Waals surface area contributed by atoms with Gasteiger partial charge in [-0.1, -0.05) is 55.1 Å². The van der Waals surface area contributed by atoms with Crippen LogP contribution in [0, 0.1) is 17.8 Å². The monoisotopic (exact) mass is 545 g/mol. The quantitative estimate of drug-likeness (QED) is 0.396. The lowest BCUT2D eigenvalue weighted by molar-refractivity contribution is -0.150. The number of nitrogens with one attached hydrogen (secondary N) is 1. The number of carbonyl (C=O) groups is 2. The molecule has 1 heterocycles. The second-order valence-corrected chi connectivity index (χ2v) is 11.2. The Morgan fingerprint density at radius 2 is 1.80 bits per heavy atom. The summed E-state index contributed by atoms with van der Waals surface area (Å²) in [4.78, 5) is 28.1. The number of allylic oxidation sites excluding steroid dienone is 3. The van der Waals surface area contributed by atoms with Crippen molar-refractivity contribution in [3.63, 3.8) is 0 Å². The van der Waals surface area contributed by atoms with Crippen LogP contribution >= 0.6 is 0 Å². The summed E-state index contributed by atoms with van der Waals surface area (Å²) < 4.78 is 0. The minimum absolute atomic E-state index is 0.0227. The molecule has 214 valence electrons. The fourth-order valence-corrected chi connectivity index (χ4v) is 6.45. The summed E-state index contributed by atoms with van der Waals surface area (Å²) >= 11 is 0. The molecule has 4 aliphatic rings. The van der Waals surface area contributed by atoms with Gasteiger partial charge in [0.05, 0.1) is 12.2 Å². The molecule has 0 radical (unpaired) electrons. The molecule has 2 aromatic carbocycles. The molecule has 7 nitrogen and oxygen atoms in total. The van der Waals surface area contributed by atoms with Crippen LogP contribution in [-0.2, 0) is 11.3 Å². The highest BCUT2D eigenvalue weighted by Crippen LogP contribution is 2.45. The van der Waals surface area contributed by atoms with E-state index in [2.05, 4.69) is 30.1 Å².